The molecule has 1 aromatic carbocycles. The van der Waals surface area contributed by atoms with E-state index in [1.807, 2.05) is 30.3 Å². The van der Waals surface area contributed by atoms with Crippen molar-refractivity contribution in [2.24, 2.45) is 11.1 Å². The molecule has 106 valence electrons. The zero-order chi connectivity index (χ0) is 14.6. The molecule has 2 aromatic rings. The van der Waals surface area contributed by atoms with Crippen molar-refractivity contribution in [3.05, 3.63) is 42.1 Å². The van der Waals surface area contributed by atoms with E-state index in [4.69, 9.17) is 5.73 Å². The highest BCUT2D eigenvalue weighted by atomic mass is 16.1. The Balaban J connectivity index is 2.08. The van der Waals surface area contributed by atoms with Crippen molar-refractivity contribution in [3.8, 4) is 0 Å². The van der Waals surface area contributed by atoms with Crippen LogP contribution < -0.4 is 5.73 Å². The molecule has 0 atom stereocenters. The third-order valence-corrected chi connectivity index (χ3v) is 3.77. The zero-order valence-electron chi connectivity index (χ0n) is 12.2. The third-order valence-electron chi connectivity index (χ3n) is 3.77. The third kappa shape index (κ3) is 3.64. The van der Waals surface area contributed by atoms with Crippen LogP contribution in [0, 0.1) is 5.41 Å². The molecule has 0 aliphatic rings. The second-order valence-electron chi connectivity index (χ2n) is 6.04. The van der Waals surface area contributed by atoms with Crippen molar-refractivity contribution in [2.75, 3.05) is 6.54 Å². The molecule has 0 saturated heterocycles. The fourth-order valence-electron chi connectivity index (χ4n) is 2.36. The van der Waals surface area contributed by atoms with Gasteiger partial charge in [-0.1, -0.05) is 19.9 Å². The number of benzene rings is 1. The summed E-state index contributed by atoms with van der Waals surface area (Å²) in [6.45, 7) is 5.00. The van der Waals surface area contributed by atoms with Gasteiger partial charge in [-0.2, -0.15) is 0 Å². The van der Waals surface area contributed by atoms with Crippen LogP contribution in [0.15, 0.2) is 36.5 Å². The summed E-state index contributed by atoms with van der Waals surface area (Å²) in [5, 5.41) is 1.01. The number of ketones is 1. The molecule has 0 unspecified atom stereocenters. The molecule has 1 aromatic heterocycles. The van der Waals surface area contributed by atoms with E-state index in [-0.39, 0.29) is 11.2 Å². The monoisotopic (exact) mass is 270 g/mol. The lowest BCUT2D eigenvalue weighted by atomic mass is 9.83. The Morgan fingerprint density at radius 2 is 2.05 bits per heavy atom. The maximum Gasteiger partial charge on any atom is 0.162 e. The van der Waals surface area contributed by atoms with E-state index in [1.54, 1.807) is 6.20 Å². The van der Waals surface area contributed by atoms with E-state index < -0.39 is 0 Å². The Kier molecular flexibility index (Phi) is 4.50. The van der Waals surface area contributed by atoms with Crippen LogP contribution >= 0.6 is 0 Å². The predicted molar refractivity (Wildman–Crippen MR) is 82.8 cm³/mol. The Morgan fingerprint density at radius 3 is 2.80 bits per heavy atom. The molecular formula is C17H22N2O. The minimum Gasteiger partial charge on any atom is -0.330 e. The van der Waals surface area contributed by atoms with E-state index in [9.17, 15) is 4.79 Å². The van der Waals surface area contributed by atoms with Gasteiger partial charge in [0.15, 0.2) is 5.78 Å². The smallest absolute Gasteiger partial charge is 0.162 e. The molecule has 0 saturated carbocycles. The number of hydrogen-bond donors (Lipinski definition) is 1. The minimum absolute atomic E-state index is 0.128. The molecule has 0 radical (unpaired) electrons. The lowest BCUT2D eigenvalue weighted by molar-refractivity contribution is 0.0962. The number of nitrogens with zero attached hydrogens (tertiary/aromatic N) is 1. The summed E-state index contributed by atoms with van der Waals surface area (Å²) >= 11 is 0. The van der Waals surface area contributed by atoms with Gasteiger partial charge in [-0.3, -0.25) is 9.78 Å². The second-order valence-corrected chi connectivity index (χ2v) is 6.04. The summed E-state index contributed by atoms with van der Waals surface area (Å²) in [5.41, 5.74) is 7.43. The highest BCUT2D eigenvalue weighted by Crippen LogP contribution is 2.27. The standard InChI is InChI=1S/C17H22N2O/c1-17(2,9-10-18)8-7-16(20)14-5-6-15-13(12-14)4-3-11-19-15/h3-6,11-12H,7-10,18H2,1-2H3. The molecule has 3 heteroatoms. The average Bonchev–Trinajstić information content (AvgIpc) is 2.44. The highest BCUT2D eigenvalue weighted by molar-refractivity contribution is 5.99. The Bertz CT molecular complexity index is 605. The fraction of sp³-hybridized carbons (Fsp3) is 0.412. The molecule has 2 N–H and O–H groups in total. The number of aromatic nitrogens is 1. The summed E-state index contributed by atoms with van der Waals surface area (Å²) in [7, 11) is 0. The molecule has 1 heterocycles. The number of carbonyl (C=O) groups excluding carboxylic acids is 1. The van der Waals surface area contributed by atoms with E-state index in [0.717, 1.165) is 29.3 Å². The first-order valence-electron chi connectivity index (χ1n) is 7.10. The van der Waals surface area contributed by atoms with Gasteiger partial charge in [-0.25, -0.2) is 0 Å². The molecule has 20 heavy (non-hydrogen) atoms. The number of rotatable bonds is 6. The Morgan fingerprint density at radius 1 is 1.25 bits per heavy atom. The van der Waals surface area contributed by atoms with Crippen LogP contribution in [0.25, 0.3) is 10.9 Å². The zero-order valence-corrected chi connectivity index (χ0v) is 12.2. The predicted octanol–water partition coefficient (Wildman–Crippen LogP) is 3.57. The van der Waals surface area contributed by atoms with Crippen molar-refractivity contribution in [2.45, 2.75) is 33.1 Å². The molecule has 2 rings (SSSR count). The number of fused-ring (bicyclic) bond motifs is 1. The van der Waals surface area contributed by atoms with Gasteiger partial charge < -0.3 is 5.73 Å². The van der Waals surface area contributed by atoms with Crippen LogP contribution in [0.4, 0.5) is 0 Å². The van der Waals surface area contributed by atoms with Crippen LogP contribution in [0.5, 0.6) is 0 Å². The maximum absolute atomic E-state index is 12.3. The van der Waals surface area contributed by atoms with Gasteiger partial charge in [0, 0.05) is 23.6 Å². The van der Waals surface area contributed by atoms with Crippen LogP contribution in [-0.2, 0) is 0 Å². The van der Waals surface area contributed by atoms with Gasteiger partial charge >= 0.3 is 0 Å². The quantitative estimate of drug-likeness (QED) is 0.816. The summed E-state index contributed by atoms with van der Waals surface area (Å²) in [5.74, 6) is 0.195. The topological polar surface area (TPSA) is 56.0 Å². The van der Waals surface area contributed by atoms with Gasteiger partial charge in [0.2, 0.25) is 0 Å². The van der Waals surface area contributed by atoms with Crippen LogP contribution in [0.1, 0.15) is 43.5 Å². The molecule has 3 nitrogen and oxygen atoms in total. The van der Waals surface area contributed by atoms with Gasteiger partial charge in [-0.15, -0.1) is 0 Å². The van der Waals surface area contributed by atoms with E-state index >= 15 is 0 Å². The van der Waals surface area contributed by atoms with Crippen LogP contribution in [-0.4, -0.2) is 17.3 Å². The number of pyridine rings is 1. The fourth-order valence-corrected chi connectivity index (χ4v) is 2.36. The van der Waals surface area contributed by atoms with E-state index in [0.29, 0.717) is 13.0 Å². The Hall–Kier alpha value is -1.74. The molecule has 0 fully saturated rings. The lowest BCUT2D eigenvalue weighted by Gasteiger charge is -2.23. The number of Topliss-reactive ketones (excluding diaryl/α,β-unsaturated/α-hetero) is 1. The lowest BCUT2D eigenvalue weighted by Crippen LogP contribution is -2.18. The maximum atomic E-state index is 12.3. The molecule has 0 aliphatic carbocycles. The van der Waals surface area contributed by atoms with Crippen molar-refractivity contribution >= 4 is 16.7 Å². The summed E-state index contributed by atoms with van der Waals surface area (Å²) in [4.78, 5) is 16.6. The van der Waals surface area contributed by atoms with Crippen molar-refractivity contribution in [1.82, 2.24) is 4.98 Å². The first-order valence-corrected chi connectivity index (χ1v) is 7.10. The first-order chi connectivity index (χ1) is 9.52. The number of carbonyl (C=O) groups is 1. The minimum atomic E-state index is 0.128. The Labute approximate surface area is 120 Å². The molecule has 0 spiro atoms. The van der Waals surface area contributed by atoms with Crippen LogP contribution in [0.3, 0.4) is 0 Å². The summed E-state index contributed by atoms with van der Waals surface area (Å²) in [6.07, 6.45) is 4.15. The highest BCUT2D eigenvalue weighted by Gasteiger charge is 2.19. The normalized spacial score (nSPS) is 11.8. The first kappa shape index (κ1) is 14.7. The average molecular weight is 270 g/mol. The number of hydrogen-bond acceptors (Lipinski definition) is 3. The van der Waals surface area contributed by atoms with Gasteiger partial charge in [0.05, 0.1) is 5.52 Å². The van der Waals surface area contributed by atoms with E-state index in [1.165, 1.54) is 0 Å². The molecule has 0 aliphatic heterocycles. The summed E-state index contributed by atoms with van der Waals surface area (Å²) in [6, 6.07) is 9.58. The second kappa shape index (κ2) is 6.14. The molecule has 0 bridgehead atoms. The number of nitrogens with two attached hydrogens (primary N) is 1. The van der Waals surface area contributed by atoms with Gasteiger partial charge in [0.25, 0.3) is 0 Å². The van der Waals surface area contributed by atoms with E-state index in [2.05, 4.69) is 18.8 Å². The van der Waals surface area contributed by atoms with Gasteiger partial charge in [-0.05, 0) is 49.1 Å². The van der Waals surface area contributed by atoms with Crippen molar-refractivity contribution in [3.63, 3.8) is 0 Å². The molecular weight excluding hydrogens is 248 g/mol. The van der Waals surface area contributed by atoms with Crippen molar-refractivity contribution < 1.29 is 4.79 Å². The van der Waals surface area contributed by atoms with Crippen molar-refractivity contribution in [1.29, 1.82) is 0 Å². The largest absolute Gasteiger partial charge is 0.330 e. The van der Waals surface area contributed by atoms with Gasteiger partial charge in [0.1, 0.15) is 0 Å². The summed E-state index contributed by atoms with van der Waals surface area (Å²) < 4.78 is 0. The van der Waals surface area contributed by atoms with Crippen LogP contribution in [0.2, 0.25) is 0 Å². The SMILES string of the molecule is CC(C)(CCN)CCC(=O)c1ccc2ncccc2c1. The molecule has 0 amide bonds.